The molecule has 0 fully saturated rings. The maximum absolute atomic E-state index is 13.0. The summed E-state index contributed by atoms with van der Waals surface area (Å²) in [5, 5.41) is 10.00. The van der Waals surface area contributed by atoms with E-state index in [0.29, 0.717) is 12.1 Å². The third-order valence-electron chi connectivity index (χ3n) is 3.61. The molecule has 2 aromatic heterocycles. The predicted molar refractivity (Wildman–Crippen MR) is 84.9 cm³/mol. The average Bonchev–Trinajstić information content (AvgIpc) is 2.57. The van der Waals surface area contributed by atoms with Crippen molar-refractivity contribution in [3.8, 4) is 5.75 Å². The van der Waals surface area contributed by atoms with Crippen LogP contribution in [0.15, 0.2) is 65.8 Å². The number of rotatable bonds is 4. The minimum Gasteiger partial charge on any atom is -0.507 e. The van der Waals surface area contributed by atoms with Gasteiger partial charge in [-0.25, -0.2) is 4.39 Å². The molecule has 0 amide bonds. The Morgan fingerprint density at radius 1 is 1.09 bits per heavy atom. The van der Waals surface area contributed by atoms with Crippen molar-refractivity contribution in [3.63, 3.8) is 0 Å². The van der Waals surface area contributed by atoms with Crippen molar-refractivity contribution in [3.05, 3.63) is 93.9 Å². The highest BCUT2D eigenvalue weighted by molar-refractivity contribution is 5.34. The summed E-state index contributed by atoms with van der Waals surface area (Å²) in [6.07, 6.45) is 5.17. The average molecular weight is 310 g/mol. The molecular formula is C18H15FN2O2. The fourth-order valence-electron chi connectivity index (χ4n) is 2.40. The van der Waals surface area contributed by atoms with Gasteiger partial charge in [0, 0.05) is 25.0 Å². The summed E-state index contributed by atoms with van der Waals surface area (Å²) in [7, 11) is 0. The number of hydrogen-bond donors (Lipinski definition) is 1. The zero-order valence-corrected chi connectivity index (χ0v) is 12.3. The van der Waals surface area contributed by atoms with E-state index >= 15 is 0 Å². The van der Waals surface area contributed by atoms with E-state index in [2.05, 4.69) is 4.98 Å². The number of nitrogens with zero attached hydrogens (tertiary/aromatic N) is 2. The van der Waals surface area contributed by atoms with E-state index in [4.69, 9.17) is 0 Å². The number of aromatic nitrogens is 2. The van der Waals surface area contributed by atoms with Crippen LogP contribution in [-0.2, 0) is 13.0 Å². The Morgan fingerprint density at radius 2 is 1.87 bits per heavy atom. The second-order valence-corrected chi connectivity index (χ2v) is 5.28. The van der Waals surface area contributed by atoms with E-state index < -0.39 is 0 Å². The van der Waals surface area contributed by atoms with Gasteiger partial charge in [-0.15, -0.1) is 0 Å². The fourth-order valence-corrected chi connectivity index (χ4v) is 2.40. The van der Waals surface area contributed by atoms with Gasteiger partial charge in [0.1, 0.15) is 11.6 Å². The maximum Gasteiger partial charge on any atom is 0.258 e. The largest absolute Gasteiger partial charge is 0.507 e. The van der Waals surface area contributed by atoms with Gasteiger partial charge in [0.15, 0.2) is 0 Å². The highest BCUT2D eigenvalue weighted by Gasteiger charge is 2.11. The Balaban J connectivity index is 1.92. The fraction of sp³-hybridized carbons (Fsp3) is 0.111. The van der Waals surface area contributed by atoms with Gasteiger partial charge in [-0.1, -0.05) is 18.2 Å². The van der Waals surface area contributed by atoms with Gasteiger partial charge in [0.2, 0.25) is 0 Å². The number of pyridine rings is 2. The van der Waals surface area contributed by atoms with Crippen LogP contribution in [-0.4, -0.2) is 14.7 Å². The Hall–Kier alpha value is -2.95. The van der Waals surface area contributed by atoms with Gasteiger partial charge in [0.05, 0.1) is 12.1 Å². The zero-order valence-electron chi connectivity index (χ0n) is 12.3. The molecule has 0 spiro atoms. The lowest BCUT2D eigenvalue weighted by Gasteiger charge is -2.10. The summed E-state index contributed by atoms with van der Waals surface area (Å²) in [4.78, 5) is 16.6. The van der Waals surface area contributed by atoms with Crippen molar-refractivity contribution in [2.24, 2.45) is 0 Å². The molecule has 116 valence electrons. The van der Waals surface area contributed by atoms with Gasteiger partial charge in [0.25, 0.3) is 5.56 Å². The molecule has 0 unspecified atom stereocenters. The molecule has 2 heterocycles. The third kappa shape index (κ3) is 3.45. The van der Waals surface area contributed by atoms with Crippen molar-refractivity contribution in [1.82, 2.24) is 9.55 Å². The van der Waals surface area contributed by atoms with Crippen LogP contribution in [0.4, 0.5) is 4.39 Å². The van der Waals surface area contributed by atoms with E-state index in [9.17, 15) is 14.3 Å². The highest BCUT2D eigenvalue weighted by Crippen LogP contribution is 2.17. The van der Waals surface area contributed by atoms with Crippen LogP contribution >= 0.6 is 0 Å². The van der Waals surface area contributed by atoms with Gasteiger partial charge in [-0.3, -0.25) is 9.78 Å². The van der Waals surface area contributed by atoms with Crippen molar-refractivity contribution in [2.75, 3.05) is 0 Å². The second-order valence-electron chi connectivity index (χ2n) is 5.28. The Morgan fingerprint density at radius 3 is 2.57 bits per heavy atom. The minimum absolute atomic E-state index is 0.0539. The first-order valence-corrected chi connectivity index (χ1v) is 7.18. The van der Waals surface area contributed by atoms with E-state index in [1.165, 1.54) is 22.8 Å². The molecule has 0 aliphatic carbocycles. The molecule has 4 nitrogen and oxygen atoms in total. The Kier molecular flexibility index (Phi) is 4.19. The van der Waals surface area contributed by atoms with E-state index in [-0.39, 0.29) is 23.5 Å². The third-order valence-corrected chi connectivity index (χ3v) is 3.61. The summed E-state index contributed by atoms with van der Waals surface area (Å²) >= 11 is 0. The lowest BCUT2D eigenvalue weighted by Crippen LogP contribution is -2.24. The molecule has 1 aromatic carbocycles. The number of aromatic hydroxyl groups is 1. The molecule has 0 saturated heterocycles. The summed E-state index contributed by atoms with van der Waals surface area (Å²) in [6.45, 7) is 0.378. The van der Waals surface area contributed by atoms with Crippen molar-refractivity contribution in [2.45, 2.75) is 13.0 Å². The standard InChI is InChI=1S/C18H15FN2O2/c19-15-5-3-13(4-6-15)10-16-17(22)7-9-21(18(16)23)12-14-2-1-8-20-11-14/h1-9,11,22H,10,12H2. The summed E-state index contributed by atoms with van der Waals surface area (Å²) in [5.74, 6) is -0.387. The van der Waals surface area contributed by atoms with Crippen molar-refractivity contribution < 1.29 is 9.50 Å². The second kappa shape index (κ2) is 6.44. The molecule has 3 rings (SSSR count). The molecule has 0 aliphatic heterocycles. The van der Waals surface area contributed by atoms with E-state index in [1.807, 2.05) is 6.07 Å². The van der Waals surface area contributed by atoms with E-state index in [1.54, 1.807) is 36.8 Å². The predicted octanol–water partition coefficient (Wildman–Crippen LogP) is 2.73. The van der Waals surface area contributed by atoms with Crippen LogP contribution in [0.25, 0.3) is 0 Å². The zero-order chi connectivity index (χ0) is 16.2. The first kappa shape index (κ1) is 15.0. The number of hydrogen-bond acceptors (Lipinski definition) is 3. The van der Waals surface area contributed by atoms with Crippen LogP contribution in [0.5, 0.6) is 5.75 Å². The molecule has 0 saturated carbocycles. The molecule has 0 radical (unpaired) electrons. The molecule has 1 N–H and O–H groups in total. The van der Waals surface area contributed by atoms with Crippen LogP contribution in [0.1, 0.15) is 16.7 Å². The van der Waals surface area contributed by atoms with Gasteiger partial charge in [-0.2, -0.15) is 0 Å². The van der Waals surface area contributed by atoms with Crippen LogP contribution in [0.3, 0.4) is 0 Å². The van der Waals surface area contributed by atoms with Crippen molar-refractivity contribution >= 4 is 0 Å². The Bertz CT molecular complexity index is 858. The van der Waals surface area contributed by atoms with Crippen LogP contribution < -0.4 is 5.56 Å². The summed E-state index contributed by atoms with van der Waals surface area (Å²) in [6, 6.07) is 11.1. The van der Waals surface area contributed by atoms with Crippen LogP contribution in [0.2, 0.25) is 0 Å². The normalized spacial score (nSPS) is 10.7. The molecule has 5 heteroatoms. The van der Waals surface area contributed by atoms with E-state index in [0.717, 1.165) is 11.1 Å². The quantitative estimate of drug-likeness (QED) is 0.806. The summed E-state index contributed by atoms with van der Waals surface area (Å²) < 4.78 is 14.5. The first-order valence-electron chi connectivity index (χ1n) is 7.18. The molecular weight excluding hydrogens is 295 g/mol. The minimum atomic E-state index is -0.333. The van der Waals surface area contributed by atoms with Crippen LogP contribution in [0, 0.1) is 5.82 Å². The highest BCUT2D eigenvalue weighted by atomic mass is 19.1. The van der Waals surface area contributed by atoms with Gasteiger partial charge < -0.3 is 9.67 Å². The molecule has 0 bridgehead atoms. The lowest BCUT2D eigenvalue weighted by molar-refractivity contribution is 0.464. The molecule has 0 atom stereocenters. The summed E-state index contributed by atoms with van der Waals surface area (Å²) in [5.41, 5.74) is 1.69. The molecule has 23 heavy (non-hydrogen) atoms. The monoisotopic (exact) mass is 310 g/mol. The Labute approximate surface area is 132 Å². The van der Waals surface area contributed by atoms with Gasteiger partial charge in [-0.05, 0) is 35.4 Å². The first-order chi connectivity index (χ1) is 11.1. The van der Waals surface area contributed by atoms with Crippen molar-refractivity contribution in [1.29, 1.82) is 0 Å². The smallest absolute Gasteiger partial charge is 0.258 e. The molecule has 3 aromatic rings. The molecule has 0 aliphatic rings. The SMILES string of the molecule is O=c1c(Cc2ccc(F)cc2)c(O)ccn1Cc1cccnc1. The number of halogens is 1. The lowest BCUT2D eigenvalue weighted by atomic mass is 10.1. The van der Waals surface area contributed by atoms with Gasteiger partial charge >= 0.3 is 0 Å². The topological polar surface area (TPSA) is 55.1 Å². The number of benzene rings is 1. The maximum atomic E-state index is 13.0.